The van der Waals surface area contributed by atoms with Crippen LogP contribution in [0.1, 0.15) is 21.5 Å². The van der Waals surface area contributed by atoms with Crippen LogP contribution in [0, 0.1) is 0 Å². The van der Waals surface area contributed by atoms with E-state index in [0.29, 0.717) is 18.9 Å². The number of hydrogen-bond acceptors (Lipinski definition) is 4. The number of aromatic nitrogens is 2. The molecule has 0 saturated heterocycles. The van der Waals surface area contributed by atoms with Crippen molar-refractivity contribution >= 4 is 11.8 Å². The highest BCUT2D eigenvalue weighted by Crippen LogP contribution is 2.22. The Balaban J connectivity index is 1.97. The van der Waals surface area contributed by atoms with Crippen molar-refractivity contribution < 1.29 is 9.90 Å². The van der Waals surface area contributed by atoms with Gasteiger partial charge >= 0.3 is 5.97 Å². The topological polar surface area (TPSA) is 75.4 Å². The maximum absolute atomic E-state index is 12.1. The summed E-state index contributed by atoms with van der Waals surface area (Å²) >= 11 is 0. The van der Waals surface area contributed by atoms with Crippen LogP contribution in [0.2, 0.25) is 0 Å². The highest BCUT2D eigenvalue weighted by atomic mass is 16.4. The van der Waals surface area contributed by atoms with E-state index in [1.807, 2.05) is 11.0 Å². The maximum atomic E-state index is 12.1. The number of carbonyl (C=O) groups is 1. The minimum absolute atomic E-state index is 0.143. The Kier molecular flexibility index (Phi) is 3.21. The van der Waals surface area contributed by atoms with Crippen LogP contribution in [0.15, 0.2) is 35.4 Å². The minimum Gasteiger partial charge on any atom is -0.478 e. The zero-order valence-electron chi connectivity index (χ0n) is 11.6. The van der Waals surface area contributed by atoms with Crippen molar-refractivity contribution in [3.63, 3.8) is 0 Å². The van der Waals surface area contributed by atoms with E-state index in [2.05, 4.69) is 4.98 Å². The van der Waals surface area contributed by atoms with Crippen molar-refractivity contribution in [2.45, 2.75) is 13.0 Å². The monoisotopic (exact) mass is 285 g/mol. The molecule has 0 radical (unpaired) electrons. The number of anilines is 1. The molecule has 1 N–H and O–H groups in total. The summed E-state index contributed by atoms with van der Waals surface area (Å²) < 4.78 is 1.49. The molecule has 2 aromatic rings. The van der Waals surface area contributed by atoms with Gasteiger partial charge in [-0.15, -0.1) is 0 Å². The number of carboxylic acids is 1. The largest absolute Gasteiger partial charge is 0.478 e. The Morgan fingerprint density at radius 2 is 2.14 bits per heavy atom. The third kappa shape index (κ3) is 2.40. The van der Waals surface area contributed by atoms with Crippen LogP contribution in [0.4, 0.5) is 5.82 Å². The molecule has 0 unspecified atom stereocenters. The molecule has 2 heterocycles. The third-order valence-corrected chi connectivity index (χ3v) is 3.76. The van der Waals surface area contributed by atoms with Crippen molar-refractivity contribution in [3.8, 4) is 0 Å². The molecule has 21 heavy (non-hydrogen) atoms. The zero-order valence-corrected chi connectivity index (χ0v) is 11.6. The Morgan fingerprint density at radius 1 is 1.33 bits per heavy atom. The predicted molar refractivity (Wildman–Crippen MR) is 77.6 cm³/mol. The minimum atomic E-state index is -0.941. The molecule has 0 amide bonds. The number of nitrogens with zero attached hydrogens (tertiary/aromatic N) is 3. The SMILES string of the molecule is Cn1ccnc(N2CCc3ccc(C(=O)O)cc3C2)c1=O. The van der Waals surface area contributed by atoms with Crippen LogP contribution in [-0.2, 0) is 20.0 Å². The van der Waals surface area contributed by atoms with Gasteiger partial charge in [0.2, 0.25) is 0 Å². The van der Waals surface area contributed by atoms with Gasteiger partial charge in [0.15, 0.2) is 5.82 Å². The maximum Gasteiger partial charge on any atom is 0.335 e. The Hall–Kier alpha value is -2.63. The lowest BCUT2D eigenvalue weighted by Crippen LogP contribution is -2.36. The zero-order chi connectivity index (χ0) is 15.0. The molecule has 1 aromatic heterocycles. The summed E-state index contributed by atoms with van der Waals surface area (Å²) in [6.07, 6.45) is 3.99. The van der Waals surface area contributed by atoms with E-state index >= 15 is 0 Å². The van der Waals surface area contributed by atoms with Gasteiger partial charge in [-0.2, -0.15) is 0 Å². The number of aromatic carboxylic acids is 1. The molecule has 0 fully saturated rings. The van der Waals surface area contributed by atoms with Crippen LogP contribution in [0.25, 0.3) is 0 Å². The molecule has 1 aliphatic rings. The lowest BCUT2D eigenvalue weighted by molar-refractivity contribution is 0.0696. The smallest absolute Gasteiger partial charge is 0.335 e. The molecule has 108 valence electrons. The molecular weight excluding hydrogens is 270 g/mol. The summed E-state index contributed by atoms with van der Waals surface area (Å²) in [5.41, 5.74) is 2.19. The van der Waals surface area contributed by atoms with E-state index < -0.39 is 5.97 Å². The summed E-state index contributed by atoms with van der Waals surface area (Å²) in [6.45, 7) is 1.20. The first-order valence-corrected chi connectivity index (χ1v) is 6.68. The molecule has 0 atom stereocenters. The summed E-state index contributed by atoms with van der Waals surface area (Å²) in [7, 11) is 1.69. The molecule has 1 aliphatic heterocycles. The Morgan fingerprint density at radius 3 is 2.90 bits per heavy atom. The first-order valence-electron chi connectivity index (χ1n) is 6.68. The quantitative estimate of drug-likeness (QED) is 0.892. The van der Waals surface area contributed by atoms with Gasteiger partial charge in [-0.1, -0.05) is 6.07 Å². The van der Waals surface area contributed by atoms with Crippen LogP contribution in [0.5, 0.6) is 0 Å². The van der Waals surface area contributed by atoms with Crippen molar-refractivity contribution in [3.05, 3.63) is 57.6 Å². The summed E-state index contributed by atoms with van der Waals surface area (Å²) in [5.74, 6) is -0.532. The van der Waals surface area contributed by atoms with Gasteiger partial charge in [0.1, 0.15) is 0 Å². The van der Waals surface area contributed by atoms with E-state index in [4.69, 9.17) is 5.11 Å². The molecule has 0 aliphatic carbocycles. The molecule has 6 nitrogen and oxygen atoms in total. The van der Waals surface area contributed by atoms with Gasteiger partial charge < -0.3 is 14.6 Å². The van der Waals surface area contributed by atoms with Crippen molar-refractivity contribution in [1.82, 2.24) is 9.55 Å². The number of hydrogen-bond donors (Lipinski definition) is 1. The van der Waals surface area contributed by atoms with Gasteiger partial charge in [-0.3, -0.25) is 4.79 Å². The standard InChI is InChI=1S/C15H15N3O3/c1-17-7-5-16-13(14(17)19)18-6-4-10-2-3-11(15(20)21)8-12(10)9-18/h2-3,5,7-8H,4,6,9H2,1H3,(H,20,21). The number of carboxylic acid groups (broad SMARTS) is 1. The normalized spacial score (nSPS) is 13.9. The van der Waals surface area contributed by atoms with Gasteiger partial charge in [0.25, 0.3) is 5.56 Å². The fourth-order valence-electron chi connectivity index (χ4n) is 2.57. The van der Waals surface area contributed by atoms with E-state index in [9.17, 15) is 9.59 Å². The molecule has 0 spiro atoms. The average molecular weight is 285 g/mol. The predicted octanol–water partition coefficient (Wildman–Crippen LogP) is 1.04. The Bertz CT molecular complexity index is 767. The average Bonchev–Trinajstić information content (AvgIpc) is 2.49. The van der Waals surface area contributed by atoms with Crippen LogP contribution in [0.3, 0.4) is 0 Å². The molecule has 0 saturated carbocycles. The van der Waals surface area contributed by atoms with E-state index in [1.165, 1.54) is 4.57 Å². The second-order valence-electron chi connectivity index (χ2n) is 5.13. The fourth-order valence-corrected chi connectivity index (χ4v) is 2.57. The lowest BCUT2D eigenvalue weighted by atomic mass is 9.97. The molecule has 0 bridgehead atoms. The summed E-state index contributed by atoms with van der Waals surface area (Å²) in [4.78, 5) is 29.2. The summed E-state index contributed by atoms with van der Waals surface area (Å²) in [6, 6.07) is 5.15. The van der Waals surface area contributed by atoms with Gasteiger partial charge in [0, 0.05) is 32.5 Å². The number of rotatable bonds is 2. The first-order chi connectivity index (χ1) is 10.1. The number of aryl methyl sites for hydroxylation is 1. The second-order valence-corrected chi connectivity index (χ2v) is 5.13. The van der Waals surface area contributed by atoms with E-state index in [1.54, 1.807) is 31.6 Å². The Labute approximate surface area is 121 Å². The van der Waals surface area contributed by atoms with Crippen molar-refractivity contribution in [2.75, 3.05) is 11.4 Å². The van der Waals surface area contributed by atoms with Crippen LogP contribution in [-0.4, -0.2) is 27.2 Å². The lowest BCUT2D eigenvalue weighted by Gasteiger charge is -2.29. The molecule has 1 aromatic carbocycles. The number of fused-ring (bicyclic) bond motifs is 1. The first kappa shape index (κ1) is 13.4. The van der Waals surface area contributed by atoms with Crippen LogP contribution < -0.4 is 10.5 Å². The van der Waals surface area contributed by atoms with Crippen LogP contribution >= 0.6 is 0 Å². The summed E-state index contributed by atoms with van der Waals surface area (Å²) in [5, 5.41) is 9.07. The van der Waals surface area contributed by atoms with Gasteiger partial charge in [-0.25, -0.2) is 9.78 Å². The number of benzene rings is 1. The van der Waals surface area contributed by atoms with Gasteiger partial charge in [-0.05, 0) is 29.7 Å². The van der Waals surface area contributed by atoms with E-state index in [0.717, 1.165) is 17.5 Å². The third-order valence-electron chi connectivity index (χ3n) is 3.76. The van der Waals surface area contributed by atoms with Crippen molar-refractivity contribution in [2.24, 2.45) is 7.05 Å². The highest BCUT2D eigenvalue weighted by Gasteiger charge is 2.21. The van der Waals surface area contributed by atoms with E-state index in [-0.39, 0.29) is 11.1 Å². The fraction of sp³-hybridized carbons (Fsp3) is 0.267. The van der Waals surface area contributed by atoms with Gasteiger partial charge in [0.05, 0.1) is 5.56 Å². The molecule has 3 rings (SSSR count). The van der Waals surface area contributed by atoms with Crippen molar-refractivity contribution in [1.29, 1.82) is 0 Å². The second kappa shape index (κ2) is 5.05. The highest BCUT2D eigenvalue weighted by molar-refractivity contribution is 5.88. The molecular formula is C15H15N3O3. The molecule has 6 heteroatoms.